The average Bonchev–Trinajstić information content (AvgIpc) is 3.44. The molecule has 7 rings (SSSR count). The van der Waals surface area contributed by atoms with Crippen LogP contribution in [0, 0.1) is 17.3 Å². The summed E-state index contributed by atoms with van der Waals surface area (Å²) in [5.74, 6) is 1.11. The quantitative estimate of drug-likeness (QED) is 0.217. The summed E-state index contributed by atoms with van der Waals surface area (Å²) in [6, 6.07) is 3.77. The number of likely N-dealkylation sites (tertiary alicyclic amines) is 1. The molecule has 2 aromatic heterocycles. The van der Waals surface area contributed by atoms with Gasteiger partial charge in [0.1, 0.15) is 53.1 Å². The molecule has 0 bridgehead atoms. The van der Waals surface area contributed by atoms with E-state index < -0.39 is 41.5 Å². The van der Waals surface area contributed by atoms with Gasteiger partial charge in [-0.3, -0.25) is 14.5 Å². The van der Waals surface area contributed by atoms with Crippen LogP contribution >= 0.6 is 22.9 Å². The van der Waals surface area contributed by atoms with Crippen molar-refractivity contribution in [2.75, 3.05) is 45.3 Å². The highest BCUT2D eigenvalue weighted by atomic mass is 35.5. The van der Waals surface area contributed by atoms with E-state index in [2.05, 4.69) is 15.5 Å². The van der Waals surface area contributed by atoms with Gasteiger partial charge < -0.3 is 40.2 Å². The third-order valence-corrected chi connectivity index (χ3v) is 12.1. The predicted molar refractivity (Wildman–Crippen MR) is 211 cm³/mol. The SMILES string of the molecule is CC(C)Nc1nc(-c2cc(O[C@@H]3C[C@@H](C(N)=O)N(C(=O)[C@@H](NC(=O)OC4C[C@@H]5C[C@@H]5C4)C(C)(C)C)C3)c3ccc(OC[C@H]4COCCN4C)c(Cl)c3n2)cs1. The summed E-state index contributed by atoms with van der Waals surface area (Å²) in [7, 11) is 2.04. The average molecular weight is 798 g/mol. The number of anilines is 1. The van der Waals surface area contributed by atoms with Gasteiger partial charge in [-0.25, -0.2) is 14.8 Å². The van der Waals surface area contributed by atoms with Crippen LogP contribution in [0.1, 0.15) is 60.3 Å². The molecule has 1 unspecified atom stereocenters. The molecule has 0 spiro atoms. The lowest BCUT2D eigenvalue weighted by Gasteiger charge is -2.35. The predicted octanol–water partition coefficient (Wildman–Crippen LogP) is 5.31. The largest absolute Gasteiger partial charge is 0.490 e. The number of aromatic nitrogens is 2. The van der Waals surface area contributed by atoms with Crippen molar-refractivity contribution in [2.24, 2.45) is 23.0 Å². The molecule has 4 heterocycles. The summed E-state index contributed by atoms with van der Waals surface area (Å²) in [6.07, 6.45) is 1.67. The standard InChI is InChI=1S/C39H52ClN7O7S/c1-20(2)42-37-44-28(19-55-37)27-15-31(26-7-8-30(32(40)33(26)43-27)52-18-23-17-51-10-9-46(23)6)53-25-14-29(35(41)48)47(16-25)36(49)34(39(3,4)5)45-38(50)54-24-12-21-11-22(21)13-24/h7-8,15,19-25,29,34H,9-14,16-18H2,1-6H3,(H2,41,48)(H,42,44)(H,45,50)/t21-,22+,23-,24?,25-,29+,34-/m1/s1. The van der Waals surface area contributed by atoms with Gasteiger partial charge >= 0.3 is 6.09 Å². The van der Waals surface area contributed by atoms with Crippen LogP contribution in [0.15, 0.2) is 23.6 Å². The molecular weight excluding hydrogens is 746 g/mol. The van der Waals surface area contributed by atoms with Gasteiger partial charge in [0.2, 0.25) is 11.8 Å². The maximum Gasteiger partial charge on any atom is 0.408 e. The summed E-state index contributed by atoms with van der Waals surface area (Å²) in [4.78, 5) is 53.6. The zero-order chi connectivity index (χ0) is 39.2. The topological polar surface area (TPSA) is 170 Å². The zero-order valence-electron chi connectivity index (χ0n) is 32.3. The lowest BCUT2D eigenvalue weighted by molar-refractivity contribution is -0.141. The van der Waals surface area contributed by atoms with E-state index in [-0.39, 0.29) is 31.2 Å². The number of carbonyl (C=O) groups is 3. The van der Waals surface area contributed by atoms with E-state index in [0.29, 0.717) is 70.5 Å². The number of carbonyl (C=O) groups excluding carboxylic acids is 3. The molecular formula is C39H52ClN7O7S. The van der Waals surface area contributed by atoms with Gasteiger partial charge in [0.25, 0.3) is 0 Å². The minimum atomic E-state index is -0.972. The Morgan fingerprint density at radius 1 is 1.07 bits per heavy atom. The second-order valence-corrected chi connectivity index (χ2v) is 18.0. The molecule has 3 aromatic rings. The molecule has 3 amide bonds. The number of thiazole rings is 1. The molecule has 16 heteroatoms. The second kappa shape index (κ2) is 15.9. The smallest absolute Gasteiger partial charge is 0.408 e. The van der Waals surface area contributed by atoms with E-state index in [4.69, 9.17) is 46.3 Å². The van der Waals surface area contributed by atoms with E-state index >= 15 is 0 Å². The maximum absolute atomic E-state index is 14.3. The number of amides is 3. The van der Waals surface area contributed by atoms with Gasteiger partial charge in [0, 0.05) is 35.8 Å². The summed E-state index contributed by atoms with van der Waals surface area (Å²) in [6.45, 7) is 12.2. The van der Waals surface area contributed by atoms with Crippen molar-refractivity contribution in [1.29, 1.82) is 0 Å². The number of benzene rings is 1. The molecule has 4 fully saturated rings. The van der Waals surface area contributed by atoms with Crippen LogP contribution < -0.4 is 25.8 Å². The zero-order valence-corrected chi connectivity index (χ0v) is 33.9. The third kappa shape index (κ3) is 8.90. The molecule has 14 nitrogen and oxygen atoms in total. The number of nitrogens with zero attached hydrogens (tertiary/aromatic N) is 4. The Kier molecular flexibility index (Phi) is 11.4. The monoisotopic (exact) mass is 797 g/mol. The fourth-order valence-corrected chi connectivity index (χ4v) is 8.91. The Morgan fingerprint density at radius 3 is 2.53 bits per heavy atom. The van der Waals surface area contributed by atoms with Gasteiger partial charge in [0.15, 0.2) is 5.13 Å². The number of halogens is 1. The number of alkyl carbamates (subject to hydrolysis) is 1. The van der Waals surface area contributed by atoms with E-state index in [1.54, 1.807) is 12.1 Å². The summed E-state index contributed by atoms with van der Waals surface area (Å²) in [5, 5.41) is 9.75. The van der Waals surface area contributed by atoms with Crippen LogP contribution in [0.2, 0.25) is 5.02 Å². The number of hydrogen-bond donors (Lipinski definition) is 3. The first-order valence-corrected chi connectivity index (χ1v) is 20.4. The molecule has 2 saturated carbocycles. The van der Waals surface area contributed by atoms with Crippen LogP contribution in [0.4, 0.5) is 9.93 Å². The number of nitrogens with one attached hydrogen (secondary N) is 2. The number of rotatable bonds is 12. The highest BCUT2D eigenvalue weighted by Gasteiger charge is 2.48. The summed E-state index contributed by atoms with van der Waals surface area (Å²) < 4.78 is 24.3. The van der Waals surface area contributed by atoms with Crippen LogP contribution in [0.3, 0.4) is 0 Å². The summed E-state index contributed by atoms with van der Waals surface area (Å²) >= 11 is 8.51. The number of ether oxygens (including phenoxy) is 4. The third-order valence-electron chi connectivity index (χ3n) is 11.0. The molecule has 298 valence electrons. The Bertz CT molecular complexity index is 1910. The molecule has 1 aromatic carbocycles. The van der Waals surface area contributed by atoms with E-state index in [1.165, 1.54) is 22.7 Å². The lowest BCUT2D eigenvalue weighted by Crippen LogP contribution is -2.57. The highest BCUT2D eigenvalue weighted by molar-refractivity contribution is 7.14. The molecule has 7 atom stereocenters. The van der Waals surface area contributed by atoms with Crippen LogP contribution in [0.25, 0.3) is 22.3 Å². The molecule has 0 radical (unpaired) electrons. The van der Waals surface area contributed by atoms with Gasteiger partial charge in [0.05, 0.1) is 37.0 Å². The number of pyridine rings is 1. The Balaban J connectivity index is 1.15. The molecule has 4 aliphatic rings. The van der Waals surface area contributed by atoms with Crippen molar-refractivity contribution in [1.82, 2.24) is 25.1 Å². The van der Waals surface area contributed by atoms with E-state index in [9.17, 15) is 14.4 Å². The first-order chi connectivity index (χ1) is 26.1. The second-order valence-electron chi connectivity index (χ2n) is 16.7. The van der Waals surface area contributed by atoms with Crippen molar-refractivity contribution in [3.05, 3.63) is 28.6 Å². The van der Waals surface area contributed by atoms with Gasteiger partial charge in [-0.1, -0.05) is 32.4 Å². The minimum absolute atomic E-state index is 0.0615. The lowest BCUT2D eigenvalue weighted by atomic mass is 9.85. The number of primary amides is 1. The fourth-order valence-electron chi connectivity index (χ4n) is 7.80. The van der Waals surface area contributed by atoms with Crippen LogP contribution in [0.5, 0.6) is 11.5 Å². The van der Waals surface area contributed by atoms with Gasteiger partial charge in [-0.2, -0.15) is 0 Å². The number of morpholine rings is 1. The van der Waals surface area contributed by atoms with Crippen molar-refractivity contribution in [3.8, 4) is 22.9 Å². The molecule has 4 N–H and O–H groups in total. The number of fused-ring (bicyclic) bond motifs is 2. The number of hydrogen-bond acceptors (Lipinski definition) is 12. The van der Waals surface area contributed by atoms with Gasteiger partial charge in [-0.15, -0.1) is 11.3 Å². The number of likely N-dealkylation sites (N-methyl/N-ethyl adjacent to an activating group) is 1. The van der Waals surface area contributed by atoms with Crippen LogP contribution in [-0.4, -0.2) is 114 Å². The first-order valence-electron chi connectivity index (χ1n) is 19.1. The molecule has 2 aliphatic heterocycles. The highest BCUT2D eigenvalue weighted by Crippen LogP contribution is 2.52. The minimum Gasteiger partial charge on any atom is -0.490 e. The van der Waals surface area contributed by atoms with Gasteiger partial charge in [-0.05, 0) is 69.5 Å². The van der Waals surface area contributed by atoms with Crippen molar-refractivity contribution < 1.29 is 33.3 Å². The number of nitrogens with two attached hydrogens (primary N) is 1. The Hall–Kier alpha value is -3.92. The normalized spacial score (nSPS) is 25.8. The van der Waals surface area contributed by atoms with Crippen molar-refractivity contribution >= 4 is 56.9 Å². The van der Waals surface area contributed by atoms with Crippen LogP contribution in [-0.2, 0) is 19.1 Å². The van der Waals surface area contributed by atoms with Crippen molar-refractivity contribution in [3.63, 3.8) is 0 Å². The fraction of sp³-hybridized carbons (Fsp3) is 0.615. The van der Waals surface area contributed by atoms with Crippen molar-refractivity contribution in [2.45, 2.75) is 96.7 Å². The Morgan fingerprint density at radius 2 is 1.84 bits per heavy atom. The molecule has 2 saturated heterocycles. The molecule has 55 heavy (non-hydrogen) atoms. The van der Waals surface area contributed by atoms with E-state index in [0.717, 1.165) is 24.5 Å². The first kappa shape index (κ1) is 39.3. The maximum atomic E-state index is 14.3. The summed E-state index contributed by atoms with van der Waals surface area (Å²) in [5.41, 5.74) is 6.82. The Labute approximate surface area is 330 Å². The molecule has 2 aliphatic carbocycles. The van der Waals surface area contributed by atoms with E-state index in [1.807, 2.05) is 53.1 Å².